The monoisotopic (exact) mass is 344 g/mol. The maximum atomic E-state index is 6.28. The molecule has 1 aromatic carbocycles. The van der Waals surface area contributed by atoms with Gasteiger partial charge < -0.3 is 10.5 Å². The van der Waals surface area contributed by atoms with Crippen molar-refractivity contribution in [1.82, 2.24) is 14.6 Å². The average Bonchev–Trinajstić information content (AvgIpc) is 3.02. The fourth-order valence-electron chi connectivity index (χ4n) is 2.75. The average molecular weight is 345 g/mol. The Labute approximate surface area is 129 Å². The van der Waals surface area contributed by atoms with Gasteiger partial charge in [0, 0.05) is 12.5 Å². The zero-order valence-corrected chi connectivity index (χ0v) is 12.7. The molecular weight excluding hydrogens is 332 g/mol. The highest BCUT2D eigenvalue weighted by Gasteiger charge is 2.31. The van der Waals surface area contributed by atoms with Gasteiger partial charge in [-0.3, -0.25) is 0 Å². The zero-order valence-electron chi connectivity index (χ0n) is 11.1. The summed E-state index contributed by atoms with van der Waals surface area (Å²) in [5, 5.41) is 4.43. The normalized spacial score (nSPS) is 20.7. The van der Waals surface area contributed by atoms with Crippen molar-refractivity contribution in [3.05, 3.63) is 58.3 Å². The SMILES string of the molecule is N[C@H]1c2ccccc2C[C@@H]1Oc1ccc2ncc(Br)n2n1. The molecule has 2 heterocycles. The van der Waals surface area contributed by atoms with Crippen LogP contribution in [0.2, 0.25) is 0 Å². The molecule has 0 fully saturated rings. The molecule has 3 aromatic rings. The number of ether oxygens (including phenoxy) is 1. The van der Waals surface area contributed by atoms with Gasteiger partial charge in [-0.15, -0.1) is 5.10 Å². The van der Waals surface area contributed by atoms with Crippen LogP contribution in [-0.2, 0) is 6.42 Å². The van der Waals surface area contributed by atoms with Crippen molar-refractivity contribution in [3.63, 3.8) is 0 Å². The lowest BCUT2D eigenvalue weighted by Gasteiger charge is -2.17. The van der Waals surface area contributed by atoms with E-state index in [9.17, 15) is 0 Å². The first-order valence-corrected chi connectivity index (χ1v) is 7.52. The van der Waals surface area contributed by atoms with Gasteiger partial charge in [0.1, 0.15) is 10.7 Å². The van der Waals surface area contributed by atoms with E-state index in [0.717, 1.165) is 22.2 Å². The van der Waals surface area contributed by atoms with Crippen LogP contribution in [0.4, 0.5) is 0 Å². The first kappa shape index (κ1) is 12.8. The summed E-state index contributed by atoms with van der Waals surface area (Å²) in [5.74, 6) is 0.550. The van der Waals surface area contributed by atoms with Crippen molar-refractivity contribution in [2.45, 2.75) is 18.6 Å². The maximum Gasteiger partial charge on any atom is 0.232 e. The summed E-state index contributed by atoms with van der Waals surface area (Å²) in [6.07, 6.45) is 2.43. The van der Waals surface area contributed by atoms with Crippen molar-refractivity contribution in [2.24, 2.45) is 5.73 Å². The lowest BCUT2D eigenvalue weighted by atomic mass is 10.1. The number of rotatable bonds is 2. The lowest BCUT2D eigenvalue weighted by Crippen LogP contribution is -2.28. The number of hydrogen-bond acceptors (Lipinski definition) is 4. The van der Waals surface area contributed by atoms with Gasteiger partial charge >= 0.3 is 0 Å². The fourth-order valence-corrected chi connectivity index (χ4v) is 3.11. The van der Waals surface area contributed by atoms with E-state index in [1.165, 1.54) is 5.56 Å². The summed E-state index contributed by atoms with van der Waals surface area (Å²) >= 11 is 3.41. The van der Waals surface area contributed by atoms with E-state index in [4.69, 9.17) is 10.5 Å². The Balaban J connectivity index is 1.62. The molecule has 5 nitrogen and oxygen atoms in total. The van der Waals surface area contributed by atoms with Gasteiger partial charge in [0.05, 0.1) is 12.2 Å². The summed E-state index contributed by atoms with van der Waals surface area (Å²) in [4.78, 5) is 4.21. The largest absolute Gasteiger partial charge is 0.471 e. The summed E-state index contributed by atoms with van der Waals surface area (Å²) in [6, 6.07) is 11.8. The molecule has 2 aromatic heterocycles. The van der Waals surface area contributed by atoms with Gasteiger partial charge in [0.15, 0.2) is 5.65 Å². The minimum atomic E-state index is -0.120. The number of imidazole rings is 1. The quantitative estimate of drug-likeness (QED) is 0.775. The van der Waals surface area contributed by atoms with Crippen LogP contribution in [0.25, 0.3) is 5.65 Å². The molecule has 4 rings (SSSR count). The summed E-state index contributed by atoms with van der Waals surface area (Å²) in [7, 11) is 0. The number of aromatic nitrogens is 3. The topological polar surface area (TPSA) is 65.4 Å². The molecule has 0 radical (unpaired) electrons. The third kappa shape index (κ3) is 2.11. The van der Waals surface area contributed by atoms with Gasteiger partial charge in [-0.05, 0) is 33.1 Å². The molecule has 106 valence electrons. The van der Waals surface area contributed by atoms with Gasteiger partial charge in [-0.2, -0.15) is 0 Å². The molecule has 1 aliphatic rings. The molecular formula is C15H13BrN4O. The van der Waals surface area contributed by atoms with E-state index in [0.29, 0.717) is 5.88 Å². The van der Waals surface area contributed by atoms with Crippen LogP contribution in [0.1, 0.15) is 17.2 Å². The highest BCUT2D eigenvalue weighted by molar-refractivity contribution is 9.10. The second kappa shape index (κ2) is 4.82. The first-order valence-electron chi connectivity index (χ1n) is 6.73. The molecule has 0 unspecified atom stereocenters. The Kier molecular flexibility index (Phi) is 2.94. The molecule has 2 N–H and O–H groups in total. The molecule has 6 heteroatoms. The van der Waals surface area contributed by atoms with Crippen LogP contribution in [0.5, 0.6) is 5.88 Å². The minimum Gasteiger partial charge on any atom is -0.471 e. The molecule has 0 aliphatic heterocycles. The Morgan fingerprint density at radius 1 is 1.24 bits per heavy atom. The van der Waals surface area contributed by atoms with Crippen molar-refractivity contribution in [2.75, 3.05) is 0 Å². The molecule has 1 aliphatic carbocycles. The Morgan fingerprint density at radius 3 is 2.95 bits per heavy atom. The minimum absolute atomic E-state index is 0.0883. The molecule has 2 atom stereocenters. The second-order valence-corrected chi connectivity index (χ2v) is 5.92. The van der Waals surface area contributed by atoms with Gasteiger partial charge in [0.25, 0.3) is 0 Å². The number of fused-ring (bicyclic) bond motifs is 2. The van der Waals surface area contributed by atoms with Crippen molar-refractivity contribution in [3.8, 4) is 5.88 Å². The number of nitrogens with two attached hydrogens (primary N) is 1. The van der Waals surface area contributed by atoms with E-state index in [-0.39, 0.29) is 12.1 Å². The third-order valence-electron chi connectivity index (χ3n) is 3.80. The van der Waals surface area contributed by atoms with Crippen LogP contribution in [0.3, 0.4) is 0 Å². The van der Waals surface area contributed by atoms with Crippen LogP contribution in [0.15, 0.2) is 47.2 Å². The number of hydrogen-bond donors (Lipinski definition) is 1. The van der Waals surface area contributed by atoms with E-state index in [1.807, 2.05) is 24.3 Å². The number of nitrogens with zero attached hydrogens (tertiary/aromatic N) is 3. The van der Waals surface area contributed by atoms with E-state index < -0.39 is 0 Å². The van der Waals surface area contributed by atoms with Gasteiger partial charge in [0.2, 0.25) is 5.88 Å². The first-order chi connectivity index (χ1) is 10.2. The highest BCUT2D eigenvalue weighted by atomic mass is 79.9. The number of halogens is 1. The zero-order chi connectivity index (χ0) is 14.4. The lowest BCUT2D eigenvalue weighted by molar-refractivity contribution is 0.175. The summed E-state index contributed by atoms with van der Waals surface area (Å²) in [6.45, 7) is 0. The maximum absolute atomic E-state index is 6.28. The summed E-state index contributed by atoms with van der Waals surface area (Å²) < 4.78 is 8.49. The smallest absolute Gasteiger partial charge is 0.232 e. The van der Waals surface area contributed by atoms with E-state index in [2.05, 4.69) is 38.1 Å². The molecule has 0 spiro atoms. The third-order valence-corrected chi connectivity index (χ3v) is 4.34. The van der Waals surface area contributed by atoms with Gasteiger partial charge in [-0.25, -0.2) is 9.50 Å². The van der Waals surface area contributed by atoms with Crippen LogP contribution >= 0.6 is 15.9 Å². The predicted molar refractivity (Wildman–Crippen MR) is 82.2 cm³/mol. The Bertz CT molecular complexity index is 816. The summed E-state index contributed by atoms with van der Waals surface area (Å²) in [5.41, 5.74) is 9.46. The highest BCUT2D eigenvalue weighted by Crippen LogP contribution is 2.31. The molecule has 0 saturated carbocycles. The van der Waals surface area contributed by atoms with Crippen molar-refractivity contribution in [1.29, 1.82) is 0 Å². The van der Waals surface area contributed by atoms with Crippen LogP contribution in [0, 0.1) is 0 Å². The van der Waals surface area contributed by atoms with E-state index in [1.54, 1.807) is 10.7 Å². The Morgan fingerprint density at radius 2 is 2.10 bits per heavy atom. The van der Waals surface area contributed by atoms with E-state index >= 15 is 0 Å². The molecule has 0 amide bonds. The molecule has 0 saturated heterocycles. The van der Waals surface area contributed by atoms with Crippen molar-refractivity contribution >= 4 is 21.6 Å². The fraction of sp³-hybridized carbons (Fsp3) is 0.200. The second-order valence-electron chi connectivity index (χ2n) is 5.11. The standard InChI is InChI=1S/C15H13BrN4O/c16-12-8-18-13-5-6-14(19-20(12)13)21-11-7-9-3-1-2-4-10(9)15(11)17/h1-6,8,11,15H,7,17H2/t11-,15-/m0/s1. The Hall–Kier alpha value is -1.92. The molecule has 21 heavy (non-hydrogen) atoms. The predicted octanol–water partition coefficient (Wildman–Crippen LogP) is 2.50. The van der Waals surface area contributed by atoms with Crippen molar-refractivity contribution < 1.29 is 4.74 Å². The number of benzene rings is 1. The van der Waals surface area contributed by atoms with Gasteiger partial charge in [-0.1, -0.05) is 24.3 Å². The van der Waals surface area contributed by atoms with Crippen LogP contribution < -0.4 is 10.5 Å². The van der Waals surface area contributed by atoms with Crippen LogP contribution in [-0.4, -0.2) is 20.7 Å². The molecule has 0 bridgehead atoms.